The number of aromatic nitrogens is 3. The van der Waals surface area contributed by atoms with Crippen molar-refractivity contribution in [2.24, 2.45) is 5.10 Å². The molecule has 0 spiro atoms. The highest BCUT2D eigenvalue weighted by Gasteiger charge is 2.19. The van der Waals surface area contributed by atoms with Gasteiger partial charge in [0.1, 0.15) is 5.75 Å². The molecule has 47 heavy (non-hydrogen) atoms. The minimum absolute atomic E-state index is 0.210. The van der Waals surface area contributed by atoms with E-state index in [2.05, 4.69) is 98.1 Å². The molecule has 0 aliphatic carbocycles. The average molecular weight is 619 g/mol. The molecule has 0 aliphatic heterocycles. The lowest BCUT2D eigenvalue weighted by Gasteiger charge is -2.18. The monoisotopic (exact) mass is 618 g/mol. The second-order valence-corrected chi connectivity index (χ2v) is 12.3. The van der Waals surface area contributed by atoms with Crippen LogP contribution in [0.3, 0.4) is 0 Å². The molecule has 0 amide bonds. The Labute approximate surface area is 274 Å². The standard InChI is InChI=1S/C41H38N4O2/c1-6-47-39-22-27(4)35(23-34(39)26(2)3)40-43-37-20-11-9-19-33(37)41(46)45(40)42-24-36-28(5)44(38-21-12-10-18-32(36)38)25-30-16-13-15-29-14-7-8-17-31(29)30/h7-24,26H,6,25H2,1-5H3. The third kappa shape index (κ3) is 5.40. The number of aryl methyl sites for hydroxylation is 1. The predicted molar refractivity (Wildman–Crippen MR) is 194 cm³/mol. The molecule has 0 fully saturated rings. The Kier molecular flexibility index (Phi) is 7.94. The van der Waals surface area contributed by atoms with E-state index in [9.17, 15) is 4.79 Å². The van der Waals surface area contributed by atoms with Crippen LogP contribution in [0, 0.1) is 13.8 Å². The van der Waals surface area contributed by atoms with E-state index >= 15 is 0 Å². The largest absolute Gasteiger partial charge is 0.494 e. The zero-order valence-corrected chi connectivity index (χ0v) is 27.5. The molecular weight excluding hydrogens is 580 g/mol. The second kappa shape index (κ2) is 12.4. The summed E-state index contributed by atoms with van der Waals surface area (Å²) in [5, 5.41) is 9.00. The molecule has 0 bridgehead atoms. The minimum atomic E-state index is -0.210. The van der Waals surface area contributed by atoms with Crippen LogP contribution in [0.5, 0.6) is 5.75 Å². The Balaban J connectivity index is 1.41. The number of para-hydroxylation sites is 2. The van der Waals surface area contributed by atoms with Gasteiger partial charge in [0.05, 0.1) is 23.7 Å². The van der Waals surface area contributed by atoms with Gasteiger partial charge in [0.2, 0.25) is 0 Å². The molecule has 0 saturated carbocycles. The van der Waals surface area contributed by atoms with Gasteiger partial charge in [-0.15, -0.1) is 0 Å². The zero-order chi connectivity index (χ0) is 32.7. The van der Waals surface area contributed by atoms with Gasteiger partial charge in [0.25, 0.3) is 5.56 Å². The third-order valence-corrected chi connectivity index (χ3v) is 9.06. The van der Waals surface area contributed by atoms with Crippen LogP contribution in [0.4, 0.5) is 0 Å². The molecule has 0 unspecified atom stereocenters. The Bertz CT molecular complexity index is 2370. The Hall–Kier alpha value is -5.49. The molecule has 234 valence electrons. The summed E-state index contributed by atoms with van der Waals surface area (Å²) in [6.07, 6.45) is 1.83. The van der Waals surface area contributed by atoms with E-state index in [4.69, 9.17) is 14.8 Å². The Morgan fingerprint density at radius 2 is 1.55 bits per heavy atom. The maximum Gasteiger partial charge on any atom is 0.282 e. The van der Waals surface area contributed by atoms with Crippen molar-refractivity contribution in [3.05, 3.63) is 141 Å². The number of hydrogen-bond donors (Lipinski definition) is 0. The zero-order valence-electron chi connectivity index (χ0n) is 27.5. The van der Waals surface area contributed by atoms with Crippen LogP contribution in [0.2, 0.25) is 0 Å². The van der Waals surface area contributed by atoms with Gasteiger partial charge in [-0.05, 0) is 84.5 Å². The predicted octanol–water partition coefficient (Wildman–Crippen LogP) is 9.24. The van der Waals surface area contributed by atoms with Crippen LogP contribution in [0.15, 0.2) is 113 Å². The normalized spacial score (nSPS) is 11.9. The fourth-order valence-electron chi connectivity index (χ4n) is 6.62. The number of hydrogen-bond acceptors (Lipinski definition) is 4. The summed E-state index contributed by atoms with van der Waals surface area (Å²) in [6, 6.07) is 35.0. The van der Waals surface area contributed by atoms with Crippen molar-refractivity contribution in [3.63, 3.8) is 0 Å². The van der Waals surface area contributed by atoms with Crippen molar-refractivity contribution in [1.82, 2.24) is 14.2 Å². The summed E-state index contributed by atoms with van der Waals surface area (Å²) >= 11 is 0. The number of benzene rings is 5. The van der Waals surface area contributed by atoms with Gasteiger partial charge < -0.3 is 9.30 Å². The number of ether oxygens (including phenoxy) is 1. The SMILES string of the molecule is CCOc1cc(C)c(-c2nc3ccccc3c(=O)n2N=Cc2c(C)n(Cc3cccc4ccccc34)c3ccccc23)cc1C(C)C. The highest BCUT2D eigenvalue weighted by molar-refractivity contribution is 6.01. The van der Waals surface area contributed by atoms with Crippen molar-refractivity contribution in [3.8, 4) is 17.1 Å². The van der Waals surface area contributed by atoms with E-state index in [-0.39, 0.29) is 11.5 Å². The van der Waals surface area contributed by atoms with E-state index in [1.54, 1.807) is 0 Å². The molecule has 0 atom stereocenters. The molecule has 7 rings (SSSR count). The molecule has 2 aromatic heterocycles. The van der Waals surface area contributed by atoms with Gasteiger partial charge in [-0.1, -0.05) is 86.6 Å². The third-order valence-electron chi connectivity index (χ3n) is 9.06. The summed E-state index contributed by atoms with van der Waals surface area (Å²) in [5.74, 6) is 1.58. The van der Waals surface area contributed by atoms with E-state index in [0.717, 1.165) is 44.6 Å². The van der Waals surface area contributed by atoms with E-state index in [1.807, 2.05) is 50.4 Å². The molecular formula is C41H38N4O2. The van der Waals surface area contributed by atoms with Gasteiger partial charge in [-0.3, -0.25) is 4.79 Å². The first kappa shape index (κ1) is 30.2. The summed E-state index contributed by atoms with van der Waals surface area (Å²) in [5.41, 5.74) is 7.73. The summed E-state index contributed by atoms with van der Waals surface area (Å²) in [4.78, 5) is 19.2. The second-order valence-electron chi connectivity index (χ2n) is 12.3. The Morgan fingerprint density at radius 3 is 2.34 bits per heavy atom. The number of nitrogens with zero attached hydrogens (tertiary/aromatic N) is 4. The van der Waals surface area contributed by atoms with Crippen LogP contribution in [-0.2, 0) is 6.54 Å². The average Bonchev–Trinajstić information content (AvgIpc) is 3.34. The van der Waals surface area contributed by atoms with Crippen LogP contribution < -0.4 is 10.3 Å². The van der Waals surface area contributed by atoms with Crippen molar-refractivity contribution < 1.29 is 4.74 Å². The first-order valence-electron chi connectivity index (χ1n) is 16.2. The van der Waals surface area contributed by atoms with Crippen molar-refractivity contribution in [2.75, 3.05) is 6.61 Å². The van der Waals surface area contributed by atoms with Crippen molar-refractivity contribution >= 4 is 38.8 Å². The highest BCUT2D eigenvalue weighted by atomic mass is 16.5. The lowest BCUT2D eigenvalue weighted by molar-refractivity contribution is 0.335. The summed E-state index contributed by atoms with van der Waals surface area (Å²) in [7, 11) is 0. The smallest absolute Gasteiger partial charge is 0.282 e. The van der Waals surface area contributed by atoms with Gasteiger partial charge in [0.15, 0.2) is 5.82 Å². The van der Waals surface area contributed by atoms with Crippen LogP contribution in [-0.4, -0.2) is 27.0 Å². The quantitative estimate of drug-likeness (QED) is 0.160. The molecule has 6 heteroatoms. The van der Waals surface area contributed by atoms with Gasteiger partial charge in [0, 0.05) is 34.3 Å². The van der Waals surface area contributed by atoms with Crippen LogP contribution in [0.25, 0.3) is 44.0 Å². The van der Waals surface area contributed by atoms with Crippen LogP contribution in [0.1, 0.15) is 54.6 Å². The van der Waals surface area contributed by atoms with E-state index in [1.165, 1.54) is 21.0 Å². The van der Waals surface area contributed by atoms with Gasteiger partial charge >= 0.3 is 0 Å². The van der Waals surface area contributed by atoms with Crippen molar-refractivity contribution in [1.29, 1.82) is 0 Å². The van der Waals surface area contributed by atoms with Crippen molar-refractivity contribution in [2.45, 2.75) is 47.1 Å². The molecule has 0 aliphatic rings. The number of fused-ring (bicyclic) bond motifs is 3. The molecule has 5 aromatic carbocycles. The highest BCUT2D eigenvalue weighted by Crippen LogP contribution is 2.35. The molecule has 7 aromatic rings. The maximum absolute atomic E-state index is 14.1. The summed E-state index contributed by atoms with van der Waals surface area (Å²) < 4.78 is 9.80. The first-order chi connectivity index (χ1) is 22.9. The molecule has 6 nitrogen and oxygen atoms in total. The summed E-state index contributed by atoms with van der Waals surface area (Å²) in [6.45, 7) is 11.7. The topological polar surface area (TPSA) is 61.4 Å². The number of rotatable bonds is 8. The fourth-order valence-corrected chi connectivity index (χ4v) is 6.62. The van der Waals surface area contributed by atoms with E-state index in [0.29, 0.717) is 29.9 Å². The van der Waals surface area contributed by atoms with Gasteiger partial charge in [-0.25, -0.2) is 4.98 Å². The maximum atomic E-state index is 14.1. The molecule has 0 saturated heterocycles. The molecule has 0 N–H and O–H groups in total. The molecule has 0 radical (unpaired) electrons. The molecule has 2 heterocycles. The van der Waals surface area contributed by atoms with Gasteiger partial charge in [-0.2, -0.15) is 9.78 Å². The minimum Gasteiger partial charge on any atom is -0.494 e. The lowest BCUT2D eigenvalue weighted by Crippen LogP contribution is -2.21. The lowest BCUT2D eigenvalue weighted by atomic mass is 9.96. The Morgan fingerprint density at radius 1 is 0.851 bits per heavy atom. The fraction of sp³-hybridized carbons (Fsp3) is 0.195. The van der Waals surface area contributed by atoms with E-state index < -0.39 is 0 Å². The van der Waals surface area contributed by atoms with Crippen LogP contribution >= 0.6 is 0 Å². The first-order valence-corrected chi connectivity index (χ1v) is 16.2.